The molecule has 1 aromatic carbocycles. The van der Waals surface area contributed by atoms with E-state index in [1.54, 1.807) is 0 Å². The maximum absolute atomic E-state index is 8.48. The summed E-state index contributed by atoms with van der Waals surface area (Å²) >= 11 is 2.25. The first-order valence-electron chi connectivity index (χ1n) is 6.77. The largest absolute Gasteiger partial charge is 0.0991 e. The van der Waals surface area contributed by atoms with Crippen LogP contribution in [0.4, 0.5) is 5.69 Å². The van der Waals surface area contributed by atoms with Gasteiger partial charge in [-0.3, -0.25) is 0 Å². The summed E-state index contributed by atoms with van der Waals surface area (Å²) in [5.74, 6) is 0. The molecule has 0 N–H and O–H groups in total. The van der Waals surface area contributed by atoms with E-state index in [0.29, 0.717) is 5.69 Å². The van der Waals surface area contributed by atoms with Gasteiger partial charge in [-0.25, -0.2) is 0 Å². The van der Waals surface area contributed by atoms with E-state index in [4.69, 9.17) is 5.53 Å². The van der Waals surface area contributed by atoms with E-state index in [1.807, 2.05) is 30.3 Å². The lowest BCUT2D eigenvalue weighted by atomic mass is 9.83. The van der Waals surface area contributed by atoms with E-state index in [1.165, 1.54) is 16.7 Å². The van der Waals surface area contributed by atoms with Gasteiger partial charge in [0, 0.05) is 10.6 Å². The van der Waals surface area contributed by atoms with E-state index < -0.39 is 0 Å². The van der Waals surface area contributed by atoms with Crippen molar-refractivity contribution in [3.8, 4) is 0 Å². The lowest BCUT2D eigenvalue weighted by molar-refractivity contribution is 0.806. The molecule has 0 radical (unpaired) electrons. The molecule has 21 heavy (non-hydrogen) atoms. The molecule has 3 nitrogen and oxygen atoms in total. The Labute approximate surface area is 138 Å². The molecule has 0 unspecified atom stereocenters. The first kappa shape index (κ1) is 15.6. The molecule has 0 aromatic heterocycles. The minimum atomic E-state index is 0.637. The Balaban J connectivity index is 2.54. The topological polar surface area (TPSA) is 48.8 Å². The normalized spacial score (nSPS) is 17.1. The van der Waals surface area contributed by atoms with Gasteiger partial charge in [0.15, 0.2) is 0 Å². The van der Waals surface area contributed by atoms with Crippen LogP contribution in [0, 0.1) is 0 Å². The van der Waals surface area contributed by atoms with E-state index in [9.17, 15) is 0 Å². The highest BCUT2D eigenvalue weighted by Gasteiger charge is 2.17. The van der Waals surface area contributed by atoms with Gasteiger partial charge in [0.2, 0.25) is 0 Å². The molecule has 106 valence electrons. The quantitative estimate of drug-likeness (QED) is 0.240. The van der Waals surface area contributed by atoms with Crippen molar-refractivity contribution in [2.24, 2.45) is 5.11 Å². The van der Waals surface area contributed by atoms with Gasteiger partial charge in [0.25, 0.3) is 0 Å². The summed E-state index contributed by atoms with van der Waals surface area (Å²) in [6.45, 7) is 3.82. The van der Waals surface area contributed by atoms with Gasteiger partial charge in [0.05, 0.1) is 0 Å². The van der Waals surface area contributed by atoms with Crippen molar-refractivity contribution >= 4 is 33.9 Å². The van der Waals surface area contributed by atoms with Crippen molar-refractivity contribution in [3.63, 3.8) is 0 Å². The van der Waals surface area contributed by atoms with Crippen molar-refractivity contribution in [2.75, 3.05) is 0 Å². The molecular formula is C17H16IN3. The monoisotopic (exact) mass is 389 g/mol. The molecule has 0 saturated heterocycles. The van der Waals surface area contributed by atoms with Crippen molar-refractivity contribution in [1.82, 2.24) is 0 Å². The second kappa shape index (κ2) is 7.86. The Bertz CT molecular complexity index is 660. The fourth-order valence-electron chi connectivity index (χ4n) is 2.59. The summed E-state index contributed by atoms with van der Waals surface area (Å²) in [6, 6.07) is 7.74. The molecule has 0 aliphatic heterocycles. The summed E-state index contributed by atoms with van der Waals surface area (Å²) in [6.07, 6.45) is 9.43. The lowest BCUT2D eigenvalue weighted by Gasteiger charge is -2.22. The van der Waals surface area contributed by atoms with E-state index in [-0.39, 0.29) is 0 Å². The van der Waals surface area contributed by atoms with Crippen LogP contribution in [0.2, 0.25) is 0 Å². The van der Waals surface area contributed by atoms with Gasteiger partial charge in [-0.2, -0.15) is 0 Å². The molecule has 0 amide bonds. The van der Waals surface area contributed by atoms with Gasteiger partial charge in [-0.1, -0.05) is 76.8 Å². The molecule has 1 aromatic rings. The molecule has 0 fully saturated rings. The highest BCUT2D eigenvalue weighted by Crippen LogP contribution is 2.38. The van der Waals surface area contributed by atoms with Crippen LogP contribution >= 0.6 is 22.6 Å². The molecule has 4 heteroatoms. The van der Waals surface area contributed by atoms with Crippen molar-refractivity contribution in [3.05, 3.63) is 80.3 Å². The molecule has 0 bridgehead atoms. The van der Waals surface area contributed by atoms with Gasteiger partial charge in [-0.15, -0.1) is 0 Å². The number of halogens is 1. The SMILES string of the molecule is C=C/C=C1\CCCC(/C=C/I)=C1c1ccc(N=[N+]=[N-])cc1. The fourth-order valence-corrected chi connectivity index (χ4v) is 3.03. The van der Waals surface area contributed by atoms with Crippen molar-refractivity contribution in [2.45, 2.75) is 19.3 Å². The number of hydrogen-bond acceptors (Lipinski definition) is 1. The van der Waals surface area contributed by atoms with Crippen LogP contribution in [-0.4, -0.2) is 0 Å². The Morgan fingerprint density at radius 1 is 1.24 bits per heavy atom. The minimum absolute atomic E-state index is 0.637. The van der Waals surface area contributed by atoms with Gasteiger partial charge in [-0.05, 0) is 51.2 Å². The summed E-state index contributed by atoms with van der Waals surface area (Å²) < 4.78 is 2.05. The number of rotatable bonds is 4. The number of allylic oxidation sites excluding steroid dienone is 6. The third-order valence-corrected chi connectivity index (χ3v) is 3.79. The predicted molar refractivity (Wildman–Crippen MR) is 97.5 cm³/mol. The van der Waals surface area contributed by atoms with Crippen LogP contribution < -0.4 is 0 Å². The van der Waals surface area contributed by atoms with E-state index in [2.05, 4.69) is 55.4 Å². The van der Waals surface area contributed by atoms with E-state index >= 15 is 0 Å². The average molecular weight is 389 g/mol. The maximum atomic E-state index is 8.48. The zero-order valence-electron chi connectivity index (χ0n) is 11.7. The molecule has 1 aliphatic carbocycles. The smallest absolute Gasteiger partial charge is 0.0375 e. The highest BCUT2D eigenvalue weighted by molar-refractivity contribution is 14.1. The molecule has 2 rings (SSSR count). The predicted octanol–water partition coefficient (Wildman–Crippen LogP) is 6.63. The fraction of sp³-hybridized carbons (Fsp3) is 0.176. The Morgan fingerprint density at radius 2 is 2.00 bits per heavy atom. The Kier molecular flexibility index (Phi) is 5.84. The van der Waals surface area contributed by atoms with Crippen molar-refractivity contribution < 1.29 is 0 Å². The minimum Gasteiger partial charge on any atom is -0.0991 e. The number of nitrogens with zero attached hydrogens (tertiary/aromatic N) is 3. The van der Waals surface area contributed by atoms with Crippen LogP contribution in [0.1, 0.15) is 24.8 Å². The zero-order valence-corrected chi connectivity index (χ0v) is 13.8. The highest BCUT2D eigenvalue weighted by atomic mass is 127. The standard InChI is InChI=1S/C17H16IN3/c1-2-4-13-5-3-6-14(11-12-18)17(13)15-7-9-16(10-8-15)20-21-19/h2,4,7-12H,1,3,5-6H2/b12-11+,13-4+. The second-order valence-corrected chi connectivity index (χ2v) is 5.43. The Morgan fingerprint density at radius 3 is 2.62 bits per heavy atom. The Hall–Kier alpha value is -1.78. The van der Waals surface area contributed by atoms with Crippen LogP contribution in [-0.2, 0) is 0 Å². The van der Waals surface area contributed by atoms with Crippen LogP contribution in [0.15, 0.2) is 69.4 Å². The summed E-state index contributed by atoms with van der Waals surface area (Å²) in [4.78, 5) is 2.81. The third-order valence-electron chi connectivity index (χ3n) is 3.43. The molecule has 0 atom stereocenters. The second-order valence-electron chi connectivity index (χ2n) is 4.71. The molecular weight excluding hydrogens is 373 g/mol. The first-order valence-corrected chi connectivity index (χ1v) is 8.02. The first-order chi connectivity index (χ1) is 10.3. The van der Waals surface area contributed by atoms with Gasteiger partial charge < -0.3 is 0 Å². The number of benzene rings is 1. The van der Waals surface area contributed by atoms with Gasteiger partial charge in [0.1, 0.15) is 0 Å². The van der Waals surface area contributed by atoms with Gasteiger partial charge >= 0.3 is 0 Å². The molecule has 0 saturated carbocycles. The maximum Gasteiger partial charge on any atom is 0.0375 e. The average Bonchev–Trinajstić information content (AvgIpc) is 2.50. The van der Waals surface area contributed by atoms with Crippen LogP contribution in [0.5, 0.6) is 0 Å². The van der Waals surface area contributed by atoms with Crippen LogP contribution in [0.3, 0.4) is 0 Å². The van der Waals surface area contributed by atoms with Crippen molar-refractivity contribution in [1.29, 1.82) is 0 Å². The summed E-state index contributed by atoms with van der Waals surface area (Å²) in [5, 5.41) is 3.62. The lowest BCUT2D eigenvalue weighted by Crippen LogP contribution is -2.01. The molecule has 0 spiro atoms. The zero-order chi connectivity index (χ0) is 15.1. The summed E-state index contributed by atoms with van der Waals surface area (Å²) in [5.41, 5.74) is 14.2. The number of hydrogen-bond donors (Lipinski definition) is 0. The molecule has 1 aliphatic rings. The van der Waals surface area contributed by atoms with E-state index in [0.717, 1.165) is 24.8 Å². The third kappa shape index (κ3) is 3.86. The molecule has 0 heterocycles. The number of azide groups is 1. The summed E-state index contributed by atoms with van der Waals surface area (Å²) in [7, 11) is 0. The van der Waals surface area contributed by atoms with Crippen LogP contribution in [0.25, 0.3) is 16.0 Å².